The molecule has 1 radical (unpaired) electrons. The smallest absolute Gasteiger partial charge is 0.0400 e. The zero-order valence-electron chi connectivity index (χ0n) is 16.8. The van der Waals surface area contributed by atoms with Gasteiger partial charge in [-0.3, -0.25) is 0 Å². The van der Waals surface area contributed by atoms with Gasteiger partial charge < -0.3 is 40.3 Å². The summed E-state index contributed by atoms with van der Waals surface area (Å²) in [4.78, 5) is 2.36. The molecule has 0 aliphatic carbocycles. The minimum Gasteiger partial charge on any atom is -1.00 e. The van der Waals surface area contributed by atoms with Gasteiger partial charge in [0.05, 0.1) is 0 Å². The molecule has 6 heteroatoms. The van der Waals surface area contributed by atoms with E-state index in [1.807, 2.05) is 0 Å². The number of halogens is 2. The Kier molecular flexibility index (Phi) is 15.1. The monoisotopic (exact) mass is 502 g/mol. The SMILES string of the molecule is Cc1cccc(C)c1NCCN(C)CCNc1c(C)cccc1C.[Ag].[Cl-].[Cl-]. The zero-order chi connectivity index (χ0) is 17.5. The van der Waals surface area contributed by atoms with Crippen LogP contribution in [0.5, 0.6) is 0 Å². The Bertz CT molecular complexity index is 582. The molecule has 0 fully saturated rings. The Morgan fingerprint density at radius 3 is 1.26 bits per heavy atom. The van der Waals surface area contributed by atoms with E-state index in [1.54, 1.807) is 0 Å². The van der Waals surface area contributed by atoms with Gasteiger partial charge in [-0.05, 0) is 57.0 Å². The molecule has 0 aliphatic rings. The number of hydrogen-bond acceptors (Lipinski definition) is 3. The van der Waals surface area contributed by atoms with Crippen LogP contribution in [0.15, 0.2) is 36.4 Å². The van der Waals surface area contributed by atoms with Crippen molar-refractivity contribution in [3.63, 3.8) is 0 Å². The van der Waals surface area contributed by atoms with Crippen molar-refractivity contribution < 1.29 is 47.2 Å². The number of anilines is 2. The number of hydrogen-bond donors (Lipinski definition) is 2. The zero-order valence-corrected chi connectivity index (χ0v) is 19.8. The first-order chi connectivity index (χ1) is 11.5. The minimum atomic E-state index is 0. The maximum absolute atomic E-state index is 3.58. The molecule has 3 nitrogen and oxygen atoms in total. The first-order valence-corrected chi connectivity index (χ1v) is 8.77. The third-order valence-corrected chi connectivity index (χ3v) is 4.55. The summed E-state index contributed by atoms with van der Waals surface area (Å²) in [5.74, 6) is 0. The van der Waals surface area contributed by atoms with E-state index in [0.717, 1.165) is 26.2 Å². The van der Waals surface area contributed by atoms with Gasteiger partial charge in [0.1, 0.15) is 0 Å². The summed E-state index contributed by atoms with van der Waals surface area (Å²) in [6.45, 7) is 12.6. The van der Waals surface area contributed by atoms with Crippen LogP contribution in [0.1, 0.15) is 22.3 Å². The van der Waals surface area contributed by atoms with Crippen LogP contribution in [-0.2, 0) is 22.4 Å². The average Bonchev–Trinajstić information content (AvgIpc) is 2.53. The van der Waals surface area contributed by atoms with Crippen molar-refractivity contribution in [3.8, 4) is 0 Å². The quantitative estimate of drug-likeness (QED) is 0.424. The molecule has 0 unspecified atom stereocenters. The van der Waals surface area contributed by atoms with E-state index >= 15 is 0 Å². The van der Waals surface area contributed by atoms with Gasteiger partial charge in [-0.2, -0.15) is 0 Å². The second kappa shape index (κ2) is 14.3. The largest absolute Gasteiger partial charge is 1.00 e. The molecule has 0 amide bonds. The van der Waals surface area contributed by atoms with Crippen LogP contribution >= 0.6 is 0 Å². The van der Waals surface area contributed by atoms with Gasteiger partial charge >= 0.3 is 0 Å². The minimum absolute atomic E-state index is 0. The van der Waals surface area contributed by atoms with Crippen LogP contribution in [0.25, 0.3) is 0 Å². The van der Waals surface area contributed by atoms with Crippen LogP contribution in [0.3, 0.4) is 0 Å². The number of nitrogens with zero attached hydrogens (tertiary/aromatic N) is 1. The van der Waals surface area contributed by atoms with Crippen LogP contribution in [0.4, 0.5) is 11.4 Å². The van der Waals surface area contributed by atoms with Gasteiger partial charge in [0.25, 0.3) is 0 Å². The molecule has 2 rings (SSSR count). The Morgan fingerprint density at radius 2 is 0.963 bits per heavy atom. The molecule has 157 valence electrons. The van der Waals surface area contributed by atoms with Crippen LogP contribution in [0, 0.1) is 27.7 Å². The van der Waals surface area contributed by atoms with Gasteiger partial charge in [0.2, 0.25) is 0 Å². The topological polar surface area (TPSA) is 27.3 Å². The summed E-state index contributed by atoms with van der Waals surface area (Å²) in [6, 6.07) is 12.9. The summed E-state index contributed by atoms with van der Waals surface area (Å²) in [5, 5.41) is 7.15. The van der Waals surface area contributed by atoms with E-state index in [9.17, 15) is 0 Å². The average molecular weight is 504 g/mol. The Morgan fingerprint density at radius 1 is 0.667 bits per heavy atom. The third-order valence-electron chi connectivity index (χ3n) is 4.55. The summed E-state index contributed by atoms with van der Waals surface area (Å²) in [7, 11) is 2.18. The molecule has 0 saturated carbocycles. The number of aryl methyl sites for hydroxylation is 4. The van der Waals surface area contributed by atoms with Gasteiger partial charge in [0.15, 0.2) is 0 Å². The molecule has 2 aromatic carbocycles. The van der Waals surface area contributed by atoms with E-state index < -0.39 is 0 Å². The van der Waals surface area contributed by atoms with Crippen molar-refractivity contribution in [3.05, 3.63) is 58.7 Å². The first-order valence-electron chi connectivity index (χ1n) is 8.77. The van der Waals surface area contributed by atoms with E-state index in [4.69, 9.17) is 0 Å². The van der Waals surface area contributed by atoms with Gasteiger partial charge in [0, 0.05) is 59.9 Å². The third kappa shape index (κ3) is 8.91. The molecule has 0 saturated heterocycles. The fourth-order valence-electron chi connectivity index (χ4n) is 3.04. The molecule has 0 bridgehead atoms. The number of para-hydroxylation sites is 2. The molecule has 0 heterocycles. The first kappa shape index (κ1) is 28.5. The summed E-state index contributed by atoms with van der Waals surface area (Å²) in [6.07, 6.45) is 0. The Labute approximate surface area is 193 Å². The molecule has 0 aromatic heterocycles. The number of benzene rings is 2. The fraction of sp³-hybridized carbons (Fsp3) is 0.429. The van der Waals surface area contributed by atoms with Gasteiger partial charge in [-0.15, -0.1) is 0 Å². The summed E-state index contributed by atoms with van der Waals surface area (Å²) in [5.41, 5.74) is 7.81. The van der Waals surface area contributed by atoms with Gasteiger partial charge in [-0.25, -0.2) is 0 Å². The van der Waals surface area contributed by atoms with E-state index in [1.165, 1.54) is 33.6 Å². The molecule has 0 aliphatic heterocycles. The molecule has 0 spiro atoms. The normalized spacial score (nSPS) is 9.70. The molecular weight excluding hydrogens is 473 g/mol. The number of nitrogens with one attached hydrogen (secondary N) is 2. The Balaban J connectivity index is 0. The standard InChI is InChI=1S/C21H31N3.Ag.2ClH/c1-16-8-6-9-17(2)20(16)22-12-14-24(5)15-13-23-21-18(3)10-7-11-19(21)4;;;/h6-11,22-23H,12-15H2,1-5H3;;2*1H/p-2. The molecular formula is C21H31AgCl2N3-2. The number of rotatable bonds is 8. The van der Waals surface area contributed by atoms with Crippen LogP contribution in [-0.4, -0.2) is 38.1 Å². The second-order valence-electron chi connectivity index (χ2n) is 6.69. The van der Waals surface area contributed by atoms with Crippen molar-refractivity contribution >= 4 is 11.4 Å². The molecule has 2 aromatic rings. The number of likely N-dealkylation sites (N-methyl/N-ethyl adjacent to an activating group) is 1. The van der Waals surface area contributed by atoms with E-state index in [2.05, 4.69) is 86.7 Å². The summed E-state index contributed by atoms with van der Waals surface area (Å²) >= 11 is 0. The maximum Gasteiger partial charge on any atom is 0.0400 e. The molecule has 2 N–H and O–H groups in total. The predicted octanol–water partition coefficient (Wildman–Crippen LogP) is -1.62. The van der Waals surface area contributed by atoms with Crippen molar-refractivity contribution in [2.75, 3.05) is 43.9 Å². The van der Waals surface area contributed by atoms with Gasteiger partial charge in [-0.1, -0.05) is 36.4 Å². The van der Waals surface area contributed by atoms with E-state index in [-0.39, 0.29) is 47.2 Å². The molecule has 0 atom stereocenters. The van der Waals surface area contributed by atoms with Crippen molar-refractivity contribution in [2.45, 2.75) is 27.7 Å². The fourth-order valence-corrected chi connectivity index (χ4v) is 3.04. The van der Waals surface area contributed by atoms with E-state index in [0.29, 0.717) is 0 Å². The van der Waals surface area contributed by atoms with Crippen molar-refractivity contribution in [1.82, 2.24) is 4.90 Å². The molecule has 27 heavy (non-hydrogen) atoms. The van der Waals surface area contributed by atoms with Crippen molar-refractivity contribution in [1.29, 1.82) is 0 Å². The predicted molar refractivity (Wildman–Crippen MR) is 106 cm³/mol. The Hall–Kier alpha value is -0.680. The van der Waals surface area contributed by atoms with Crippen LogP contribution in [0.2, 0.25) is 0 Å². The second-order valence-corrected chi connectivity index (χ2v) is 6.69. The van der Waals surface area contributed by atoms with Crippen molar-refractivity contribution in [2.24, 2.45) is 0 Å². The van der Waals surface area contributed by atoms with Crippen LogP contribution < -0.4 is 35.4 Å². The maximum atomic E-state index is 3.58. The summed E-state index contributed by atoms with van der Waals surface area (Å²) < 4.78 is 0.